The van der Waals surface area contributed by atoms with Gasteiger partial charge in [-0.05, 0) is 24.2 Å². The molecule has 3 rings (SSSR count). The van der Waals surface area contributed by atoms with Crippen LogP contribution in [0, 0.1) is 0 Å². The molecule has 0 saturated heterocycles. The lowest BCUT2D eigenvalue weighted by Crippen LogP contribution is -2.27. The van der Waals surface area contributed by atoms with Crippen LogP contribution in [0.4, 0.5) is 0 Å². The molecule has 0 saturated carbocycles. The van der Waals surface area contributed by atoms with Crippen LogP contribution in [0.25, 0.3) is 11.1 Å². The molecule has 0 N–H and O–H groups in total. The number of hydrogen-bond donors (Lipinski definition) is 0. The number of hydrogen-bond acceptors (Lipinski definition) is 3. The van der Waals surface area contributed by atoms with Crippen LogP contribution in [0.1, 0.15) is 19.4 Å². The molecule has 0 aliphatic rings. The highest BCUT2D eigenvalue weighted by Crippen LogP contribution is 2.29. The van der Waals surface area contributed by atoms with Crippen molar-refractivity contribution >= 4 is 24.8 Å². The van der Waals surface area contributed by atoms with Gasteiger partial charge >= 0.3 is 0 Å². The lowest BCUT2D eigenvalue weighted by atomic mass is 10.1. The van der Waals surface area contributed by atoms with Gasteiger partial charge in [0.05, 0.1) is 12.1 Å². The maximum Gasteiger partial charge on any atom is 0.241 e. The number of aromatic nitrogens is 2. The molecule has 152 valence electrons. The van der Waals surface area contributed by atoms with Crippen molar-refractivity contribution in [2.75, 3.05) is 19.6 Å². The van der Waals surface area contributed by atoms with Crippen LogP contribution in [0.15, 0.2) is 66.9 Å². The van der Waals surface area contributed by atoms with Crippen LogP contribution >= 0.6 is 24.8 Å². The van der Waals surface area contributed by atoms with Gasteiger partial charge in [-0.3, -0.25) is 4.68 Å². The van der Waals surface area contributed by atoms with E-state index in [0.29, 0.717) is 12.5 Å². The number of benzene rings is 2. The predicted molar refractivity (Wildman–Crippen MR) is 121 cm³/mol. The van der Waals surface area contributed by atoms with Crippen molar-refractivity contribution in [2.45, 2.75) is 27.0 Å². The van der Waals surface area contributed by atoms with Gasteiger partial charge in [0, 0.05) is 12.7 Å². The molecule has 0 aliphatic heterocycles. The monoisotopic (exact) mass is 421 g/mol. The summed E-state index contributed by atoms with van der Waals surface area (Å²) in [5, 5.41) is 4.71. The number of nitrogens with zero attached hydrogens (tertiary/aromatic N) is 3. The van der Waals surface area contributed by atoms with Crippen LogP contribution in [0.2, 0.25) is 0 Å². The standard InChI is InChI=1S/C22H27N3O.2ClH/c1-3-24(4-2)15-16-25-17-21(20-13-9-6-10-14-20)22(23-25)26-18-19-11-7-5-8-12-19;;/h5-14,17H,3-4,15-16,18H2,1-2H3;2*1H. The van der Waals surface area contributed by atoms with Gasteiger partial charge in [0.25, 0.3) is 0 Å². The molecule has 0 fully saturated rings. The Labute approximate surface area is 180 Å². The lowest BCUT2D eigenvalue weighted by Gasteiger charge is -2.17. The number of likely N-dealkylation sites (N-methyl/N-ethyl adjacent to an activating group) is 1. The van der Waals surface area contributed by atoms with Gasteiger partial charge in [-0.1, -0.05) is 74.5 Å². The topological polar surface area (TPSA) is 30.3 Å². The fraction of sp³-hybridized carbons (Fsp3) is 0.318. The van der Waals surface area contributed by atoms with Crippen LogP contribution in [-0.2, 0) is 13.2 Å². The van der Waals surface area contributed by atoms with Gasteiger partial charge in [0.1, 0.15) is 6.61 Å². The molecule has 0 bridgehead atoms. The largest absolute Gasteiger partial charge is 0.471 e. The van der Waals surface area contributed by atoms with Crippen molar-refractivity contribution in [1.29, 1.82) is 0 Å². The lowest BCUT2D eigenvalue weighted by molar-refractivity contribution is 0.273. The highest BCUT2D eigenvalue weighted by atomic mass is 35.5. The van der Waals surface area contributed by atoms with Gasteiger partial charge < -0.3 is 9.64 Å². The van der Waals surface area contributed by atoms with E-state index in [1.54, 1.807) is 0 Å². The molecule has 0 amide bonds. The minimum absolute atomic E-state index is 0. The van der Waals surface area contributed by atoms with E-state index in [2.05, 4.69) is 49.2 Å². The fourth-order valence-corrected chi connectivity index (χ4v) is 2.95. The molecular weight excluding hydrogens is 393 g/mol. The average Bonchev–Trinajstić information content (AvgIpc) is 3.12. The molecule has 3 aromatic rings. The second kappa shape index (κ2) is 12.4. The molecule has 6 heteroatoms. The van der Waals surface area contributed by atoms with Gasteiger partial charge in [-0.15, -0.1) is 29.9 Å². The van der Waals surface area contributed by atoms with Gasteiger partial charge in [0.15, 0.2) is 0 Å². The normalized spacial score (nSPS) is 10.2. The Morgan fingerprint density at radius 2 is 1.50 bits per heavy atom. The van der Waals surface area contributed by atoms with Crippen molar-refractivity contribution in [2.24, 2.45) is 0 Å². The van der Waals surface area contributed by atoms with Crippen LogP contribution < -0.4 is 4.74 Å². The van der Waals surface area contributed by atoms with Gasteiger partial charge in [-0.2, -0.15) is 0 Å². The van der Waals surface area contributed by atoms with Crippen LogP contribution in [0.3, 0.4) is 0 Å². The summed E-state index contributed by atoms with van der Waals surface area (Å²) in [7, 11) is 0. The van der Waals surface area contributed by atoms with E-state index in [9.17, 15) is 0 Å². The summed E-state index contributed by atoms with van der Waals surface area (Å²) in [4.78, 5) is 2.40. The number of halogens is 2. The smallest absolute Gasteiger partial charge is 0.241 e. The Hall–Kier alpha value is -2.01. The first-order valence-electron chi connectivity index (χ1n) is 9.32. The van der Waals surface area contributed by atoms with Crippen molar-refractivity contribution < 1.29 is 4.74 Å². The summed E-state index contributed by atoms with van der Waals surface area (Å²) in [5.74, 6) is 0.694. The Bertz CT molecular complexity index is 790. The molecular formula is C22H29Cl2N3O. The van der Waals surface area contributed by atoms with E-state index in [4.69, 9.17) is 9.84 Å². The first-order chi connectivity index (χ1) is 12.8. The molecule has 0 aliphatic carbocycles. The predicted octanol–water partition coefficient (Wildman–Crippen LogP) is 5.31. The van der Waals surface area contributed by atoms with Gasteiger partial charge in [-0.25, -0.2) is 0 Å². The maximum atomic E-state index is 6.07. The van der Waals surface area contributed by atoms with E-state index < -0.39 is 0 Å². The third-order valence-corrected chi connectivity index (χ3v) is 4.57. The summed E-state index contributed by atoms with van der Waals surface area (Å²) in [6, 6.07) is 20.5. The zero-order valence-corrected chi connectivity index (χ0v) is 18.1. The summed E-state index contributed by atoms with van der Waals surface area (Å²) < 4.78 is 8.07. The van der Waals surface area contributed by atoms with E-state index in [0.717, 1.165) is 42.9 Å². The quantitative estimate of drug-likeness (QED) is 0.468. The average molecular weight is 422 g/mol. The Morgan fingerprint density at radius 1 is 0.893 bits per heavy atom. The Kier molecular flexibility index (Phi) is 10.7. The Morgan fingerprint density at radius 3 is 2.11 bits per heavy atom. The van der Waals surface area contributed by atoms with E-state index in [1.807, 2.05) is 41.1 Å². The molecule has 2 aromatic carbocycles. The molecule has 1 heterocycles. The highest BCUT2D eigenvalue weighted by molar-refractivity contribution is 5.85. The second-order valence-corrected chi connectivity index (χ2v) is 6.28. The van der Waals surface area contributed by atoms with E-state index >= 15 is 0 Å². The van der Waals surface area contributed by atoms with Crippen molar-refractivity contribution in [1.82, 2.24) is 14.7 Å². The fourth-order valence-electron chi connectivity index (χ4n) is 2.95. The number of rotatable bonds is 9. The van der Waals surface area contributed by atoms with Gasteiger partial charge in [0.2, 0.25) is 5.88 Å². The highest BCUT2D eigenvalue weighted by Gasteiger charge is 2.13. The maximum absolute atomic E-state index is 6.07. The minimum Gasteiger partial charge on any atom is -0.471 e. The van der Waals surface area contributed by atoms with Crippen molar-refractivity contribution in [3.63, 3.8) is 0 Å². The third kappa shape index (κ3) is 6.55. The molecule has 0 spiro atoms. The van der Waals surface area contributed by atoms with Crippen molar-refractivity contribution in [3.8, 4) is 17.0 Å². The summed E-state index contributed by atoms with van der Waals surface area (Å²) in [6.07, 6.45) is 2.10. The zero-order chi connectivity index (χ0) is 18.2. The van der Waals surface area contributed by atoms with E-state index in [1.165, 1.54) is 0 Å². The SMILES string of the molecule is CCN(CC)CCn1cc(-c2ccccc2)c(OCc2ccccc2)n1.Cl.Cl. The first kappa shape index (κ1) is 24.0. The van der Waals surface area contributed by atoms with Crippen molar-refractivity contribution in [3.05, 3.63) is 72.4 Å². The van der Waals surface area contributed by atoms with Crippen LogP contribution in [0.5, 0.6) is 5.88 Å². The molecule has 4 nitrogen and oxygen atoms in total. The molecule has 0 atom stereocenters. The van der Waals surface area contributed by atoms with E-state index in [-0.39, 0.29) is 24.8 Å². The summed E-state index contributed by atoms with van der Waals surface area (Å²) >= 11 is 0. The zero-order valence-electron chi connectivity index (χ0n) is 16.5. The molecule has 28 heavy (non-hydrogen) atoms. The molecule has 0 radical (unpaired) electrons. The minimum atomic E-state index is 0. The third-order valence-electron chi connectivity index (χ3n) is 4.57. The second-order valence-electron chi connectivity index (χ2n) is 6.28. The first-order valence-corrected chi connectivity index (χ1v) is 9.32. The summed E-state index contributed by atoms with van der Waals surface area (Å²) in [6.45, 7) is 8.86. The summed E-state index contributed by atoms with van der Waals surface area (Å²) in [5.41, 5.74) is 3.31. The molecule has 0 unspecified atom stereocenters. The number of ether oxygens (including phenoxy) is 1. The molecule has 1 aromatic heterocycles. The van der Waals surface area contributed by atoms with Crippen LogP contribution in [-0.4, -0.2) is 34.3 Å². The Balaban J connectivity index is 0.00000196.